The summed E-state index contributed by atoms with van der Waals surface area (Å²) in [6.07, 6.45) is -4.63. The van der Waals surface area contributed by atoms with Crippen LogP contribution < -0.4 is 4.74 Å². The molecule has 0 spiro atoms. The number of aryl methyl sites for hydroxylation is 2. The standard InChI is InChI=1S/C27H16F8O/c1-13-3-4-15(7-14(13)2)16-5-6-19(20(28)8-16)17-9-23(31)26(24(32)10-17)36-27(34,35)18-11-21(29)25(33)22(30)12-18/h3-12H,1-2H3. The molecule has 0 saturated heterocycles. The Hall–Kier alpha value is -3.88. The van der Waals surface area contributed by atoms with Gasteiger partial charge in [-0.1, -0.05) is 30.3 Å². The van der Waals surface area contributed by atoms with E-state index in [2.05, 4.69) is 4.74 Å². The topological polar surface area (TPSA) is 9.23 Å². The van der Waals surface area contributed by atoms with Crippen molar-refractivity contribution in [2.75, 3.05) is 0 Å². The molecule has 0 fully saturated rings. The van der Waals surface area contributed by atoms with E-state index in [-0.39, 0.29) is 23.3 Å². The van der Waals surface area contributed by atoms with Gasteiger partial charge < -0.3 is 4.74 Å². The molecule has 1 nitrogen and oxygen atoms in total. The average Bonchev–Trinajstić information content (AvgIpc) is 2.81. The molecule has 4 aromatic carbocycles. The second-order valence-corrected chi connectivity index (χ2v) is 8.14. The summed E-state index contributed by atoms with van der Waals surface area (Å²) in [7, 11) is 0. The van der Waals surface area contributed by atoms with Crippen molar-refractivity contribution in [3.05, 3.63) is 112 Å². The molecule has 0 radical (unpaired) electrons. The van der Waals surface area contributed by atoms with Crippen molar-refractivity contribution < 1.29 is 39.9 Å². The minimum Gasteiger partial charge on any atom is -0.423 e. The van der Waals surface area contributed by atoms with Crippen molar-refractivity contribution in [3.8, 4) is 28.0 Å². The molecule has 0 heterocycles. The molecule has 4 rings (SSSR count). The summed E-state index contributed by atoms with van der Waals surface area (Å²) in [6, 6.07) is 10.5. The number of halogens is 8. The van der Waals surface area contributed by atoms with Crippen LogP contribution in [0.5, 0.6) is 5.75 Å². The van der Waals surface area contributed by atoms with Crippen LogP contribution in [0.2, 0.25) is 0 Å². The first kappa shape index (κ1) is 25.2. The molecule has 0 bridgehead atoms. The van der Waals surface area contributed by atoms with Crippen LogP contribution in [0.4, 0.5) is 35.1 Å². The molecule has 4 aromatic rings. The van der Waals surface area contributed by atoms with Gasteiger partial charge in [-0.25, -0.2) is 26.3 Å². The highest BCUT2D eigenvalue weighted by molar-refractivity contribution is 5.72. The lowest BCUT2D eigenvalue weighted by atomic mass is 9.97. The average molecular weight is 508 g/mol. The molecule has 0 aromatic heterocycles. The molecule has 36 heavy (non-hydrogen) atoms. The molecule has 0 aliphatic carbocycles. The number of hydrogen-bond donors (Lipinski definition) is 0. The van der Waals surface area contributed by atoms with E-state index in [4.69, 9.17) is 0 Å². The fourth-order valence-electron chi connectivity index (χ4n) is 3.57. The maximum atomic E-state index is 14.9. The highest BCUT2D eigenvalue weighted by Crippen LogP contribution is 2.38. The smallest absolute Gasteiger partial charge is 0.423 e. The predicted molar refractivity (Wildman–Crippen MR) is 118 cm³/mol. The van der Waals surface area contributed by atoms with E-state index in [0.717, 1.165) is 16.7 Å². The second-order valence-electron chi connectivity index (χ2n) is 8.14. The highest BCUT2D eigenvalue weighted by atomic mass is 19.3. The quantitative estimate of drug-likeness (QED) is 0.194. The van der Waals surface area contributed by atoms with Crippen molar-refractivity contribution >= 4 is 0 Å². The molecule has 0 aliphatic rings. The maximum absolute atomic E-state index is 14.9. The van der Waals surface area contributed by atoms with E-state index >= 15 is 0 Å². The first-order chi connectivity index (χ1) is 16.9. The third-order valence-corrected chi connectivity index (χ3v) is 5.67. The van der Waals surface area contributed by atoms with Gasteiger partial charge in [-0.3, -0.25) is 0 Å². The number of hydrogen-bond acceptors (Lipinski definition) is 1. The van der Waals surface area contributed by atoms with Gasteiger partial charge in [-0.05, 0) is 72.0 Å². The Kier molecular flexibility index (Phi) is 6.51. The van der Waals surface area contributed by atoms with Gasteiger partial charge in [-0.15, -0.1) is 0 Å². The summed E-state index contributed by atoms with van der Waals surface area (Å²) >= 11 is 0. The largest absolute Gasteiger partial charge is 0.427 e. The molecule has 0 N–H and O–H groups in total. The molecule has 186 valence electrons. The number of rotatable bonds is 5. The highest BCUT2D eigenvalue weighted by Gasteiger charge is 2.38. The lowest BCUT2D eigenvalue weighted by molar-refractivity contribution is -0.188. The molecule has 0 saturated carbocycles. The monoisotopic (exact) mass is 508 g/mol. The van der Waals surface area contributed by atoms with Gasteiger partial charge in [0.1, 0.15) is 5.82 Å². The second kappa shape index (κ2) is 9.29. The molecule has 9 heteroatoms. The Bertz CT molecular complexity index is 1430. The Balaban J connectivity index is 1.66. The summed E-state index contributed by atoms with van der Waals surface area (Å²) in [5.41, 5.74) is 1.25. The zero-order chi connectivity index (χ0) is 26.4. The Morgan fingerprint density at radius 3 is 1.64 bits per heavy atom. The SMILES string of the molecule is Cc1ccc(-c2ccc(-c3cc(F)c(OC(F)(F)c4cc(F)c(F)c(F)c4)c(F)c3)c(F)c2)cc1C. The molecular formula is C27H16F8O. The Morgan fingerprint density at radius 1 is 0.556 bits per heavy atom. The third kappa shape index (κ3) is 4.78. The zero-order valence-corrected chi connectivity index (χ0v) is 18.7. The summed E-state index contributed by atoms with van der Waals surface area (Å²) in [6.45, 7) is 3.82. The first-order valence-corrected chi connectivity index (χ1v) is 10.5. The summed E-state index contributed by atoms with van der Waals surface area (Å²) in [5, 5.41) is 0. The fraction of sp³-hybridized carbons (Fsp3) is 0.111. The van der Waals surface area contributed by atoms with Crippen molar-refractivity contribution in [1.82, 2.24) is 0 Å². The predicted octanol–water partition coefficient (Wildman–Crippen LogP) is 8.60. The van der Waals surface area contributed by atoms with Crippen LogP contribution >= 0.6 is 0 Å². The molecule has 0 unspecified atom stereocenters. The van der Waals surface area contributed by atoms with Gasteiger partial charge in [0.05, 0.1) is 5.56 Å². The van der Waals surface area contributed by atoms with Gasteiger partial charge >= 0.3 is 6.11 Å². The minimum absolute atomic E-state index is 0.0605. The fourth-order valence-corrected chi connectivity index (χ4v) is 3.57. The van der Waals surface area contributed by atoms with Gasteiger partial charge in [0.15, 0.2) is 34.8 Å². The number of alkyl halides is 2. The summed E-state index contributed by atoms with van der Waals surface area (Å²) in [4.78, 5) is 0. The van der Waals surface area contributed by atoms with Crippen LogP contribution in [0, 0.1) is 48.8 Å². The van der Waals surface area contributed by atoms with E-state index in [1.807, 2.05) is 26.0 Å². The minimum atomic E-state index is -4.63. The van der Waals surface area contributed by atoms with E-state index in [0.29, 0.717) is 17.7 Å². The van der Waals surface area contributed by atoms with Crippen LogP contribution in [0.1, 0.15) is 16.7 Å². The molecule has 0 atom stereocenters. The van der Waals surface area contributed by atoms with Gasteiger partial charge in [-0.2, -0.15) is 8.78 Å². The first-order valence-electron chi connectivity index (χ1n) is 10.5. The van der Waals surface area contributed by atoms with Crippen LogP contribution in [-0.2, 0) is 6.11 Å². The zero-order valence-electron chi connectivity index (χ0n) is 18.7. The van der Waals surface area contributed by atoms with E-state index in [1.54, 1.807) is 6.07 Å². The molecular weight excluding hydrogens is 492 g/mol. The van der Waals surface area contributed by atoms with E-state index in [9.17, 15) is 35.1 Å². The number of benzene rings is 4. The normalized spacial score (nSPS) is 11.6. The molecule has 0 amide bonds. The maximum Gasteiger partial charge on any atom is 0.427 e. The Labute approximate surface area is 200 Å². The van der Waals surface area contributed by atoms with Crippen molar-refractivity contribution in [2.24, 2.45) is 0 Å². The van der Waals surface area contributed by atoms with Crippen LogP contribution in [0.25, 0.3) is 22.3 Å². The lowest BCUT2D eigenvalue weighted by Gasteiger charge is -2.20. The van der Waals surface area contributed by atoms with Crippen LogP contribution in [0.3, 0.4) is 0 Å². The summed E-state index contributed by atoms with van der Waals surface area (Å²) in [5.74, 6) is -11.5. The molecule has 0 aliphatic heterocycles. The van der Waals surface area contributed by atoms with E-state index in [1.165, 1.54) is 18.2 Å². The number of ether oxygens (including phenoxy) is 1. The van der Waals surface area contributed by atoms with Gasteiger partial charge in [0, 0.05) is 5.56 Å². The lowest BCUT2D eigenvalue weighted by Crippen LogP contribution is -2.24. The van der Waals surface area contributed by atoms with Crippen LogP contribution in [0.15, 0.2) is 60.7 Å². The Morgan fingerprint density at radius 2 is 1.08 bits per heavy atom. The summed E-state index contributed by atoms with van der Waals surface area (Å²) < 4.78 is 117. The van der Waals surface area contributed by atoms with E-state index < -0.39 is 52.3 Å². The van der Waals surface area contributed by atoms with Crippen molar-refractivity contribution in [3.63, 3.8) is 0 Å². The third-order valence-electron chi connectivity index (χ3n) is 5.67. The van der Waals surface area contributed by atoms with Gasteiger partial charge in [0.25, 0.3) is 0 Å². The van der Waals surface area contributed by atoms with Crippen LogP contribution in [-0.4, -0.2) is 0 Å². The van der Waals surface area contributed by atoms with Gasteiger partial charge in [0.2, 0.25) is 0 Å². The van der Waals surface area contributed by atoms with Crippen molar-refractivity contribution in [1.29, 1.82) is 0 Å². The van der Waals surface area contributed by atoms with Crippen molar-refractivity contribution in [2.45, 2.75) is 20.0 Å².